The van der Waals surface area contributed by atoms with Gasteiger partial charge in [0.15, 0.2) is 0 Å². The van der Waals surface area contributed by atoms with Crippen molar-refractivity contribution < 1.29 is 23.9 Å². The number of nitrogens with two attached hydrogens (primary N) is 1. The van der Waals surface area contributed by atoms with E-state index in [1.165, 1.54) is 6.92 Å². The van der Waals surface area contributed by atoms with Gasteiger partial charge in [0, 0.05) is 12.9 Å². The highest BCUT2D eigenvalue weighted by Gasteiger charge is 2.06. The van der Waals surface area contributed by atoms with Crippen LogP contribution in [0.5, 0.6) is 0 Å². The van der Waals surface area contributed by atoms with Crippen molar-refractivity contribution in [2.45, 2.75) is 19.8 Å². The molecule has 0 aromatic carbocycles. The molecule has 0 atom stereocenters. The third-order valence-electron chi connectivity index (χ3n) is 1.65. The first-order valence-corrected chi connectivity index (χ1v) is 5.52. The lowest BCUT2D eigenvalue weighted by atomic mass is 10.3. The van der Waals surface area contributed by atoms with Crippen LogP contribution in [0.4, 0.5) is 0 Å². The van der Waals surface area contributed by atoms with Crippen molar-refractivity contribution in [3.05, 3.63) is 0 Å². The minimum Gasteiger partial charge on any atom is -0.550 e. The number of aliphatic carboxylic acids is 1. The Bertz CT molecular complexity index is 224. The highest BCUT2D eigenvalue weighted by molar-refractivity contribution is 5.65. The number of carbonyl (C=O) groups excluding carboxylic acids is 2. The van der Waals surface area contributed by atoms with Gasteiger partial charge in [-0.05, 0) is 19.4 Å². The normalized spacial score (nSPS) is 10.2. The minimum absolute atomic E-state index is 0.0799. The number of rotatable bonds is 6. The van der Waals surface area contributed by atoms with Gasteiger partial charge in [-0.3, -0.25) is 4.79 Å². The molecule has 0 rings (SSSR count). The highest BCUT2D eigenvalue weighted by Crippen LogP contribution is 1.89. The highest BCUT2D eigenvalue weighted by atomic mass is 16.5. The summed E-state index contributed by atoms with van der Waals surface area (Å²) < 4.78 is 5.59. The number of nitrogens with zero attached hydrogens (tertiary/aromatic N) is 1. The largest absolute Gasteiger partial charge is 0.550 e. The average Bonchev–Trinajstić information content (AvgIpc) is 2.12. The second-order valence-corrected chi connectivity index (χ2v) is 4.62. The van der Waals surface area contributed by atoms with Crippen molar-refractivity contribution in [3.63, 3.8) is 0 Å². The number of ether oxygens (including phenoxy) is 1. The Hall–Kier alpha value is -1.14. The zero-order valence-electron chi connectivity index (χ0n) is 11.2. The molecule has 0 heterocycles. The number of carboxylic acid groups (broad SMARTS) is 1. The third-order valence-corrected chi connectivity index (χ3v) is 1.65. The van der Waals surface area contributed by atoms with Crippen LogP contribution in [0.25, 0.3) is 0 Å². The van der Waals surface area contributed by atoms with E-state index >= 15 is 0 Å². The number of quaternary nitrogens is 1. The van der Waals surface area contributed by atoms with E-state index in [1.807, 2.05) is 0 Å². The van der Waals surface area contributed by atoms with Gasteiger partial charge in [0.25, 0.3) is 0 Å². The Morgan fingerprint density at radius 2 is 1.82 bits per heavy atom. The summed E-state index contributed by atoms with van der Waals surface area (Å²) in [5.74, 6) is -1.22. The molecule has 0 fully saturated rings. The minimum atomic E-state index is -1.02. The molecule has 0 amide bonds. The van der Waals surface area contributed by atoms with E-state index in [0.29, 0.717) is 19.6 Å². The van der Waals surface area contributed by atoms with Crippen LogP contribution in [0.15, 0.2) is 0 Å². The Morgan fingerprint density at radius 1 is 1.29 bits per heavy atom. The van der Waals surface area contributed by atoms with Crippen LogP contribution in [0.1, 0.15) is 19.8 Å². The Labute approximate surface area is 103 Å². The zero-order valence-corrected chi connectivity index (χ0v) is 11.2. The molecule has 17 heavy (non-hydrogen) atoms. The van der Waals surface area contributed by atoms with Crippen LogP contribution in [-0.2, 0) is 14.3 Å². The fourth-order valence-electron chi connectivity index (χ4n) is 0.710. The van der Waals surface area contributed by atoms with E-state index in [4.69, 9.17) is 10.5 Å². The number of carboxylic acids is 1. The molecule has 0 aliphatic rings. The molecule has 0 radical (unpaired) electrons. The molecular weight excluding hydrogens is 224 g/mol. The lowest BCUT2D eigenvalue weighted by molar-refractivity contribution is -0.870. The number of hydrogen-bond donors (Lipinski definition) is 1. The van der Waals surface area contributed by atoms with Gasteiger partial charge < -0.3 is 24.9 Å². The van der Waals surface area contributed by atoms with Crippen molar-refractivity contribution in [3.8, 4) is 0 Å². The topological polar surface area (TPSA) is 92.5 Å². The number of hydrogen-bond acceptors (Lipinski definition) is 5. The van der Waals surface area contributed by atoms with Crippen molar-refractivity contribution in [1.82, 2.24) is 0 Å². The first-order chi connectivity index (χ1) is 7.69. The van der Waals surface area contributed by atoms with E-state index in [9.17, 15) is 14.7 Å². The van der Waals surface area contributed by atoms with Crippen LogP contribution < -0.4 is 10.8 Å². The van der Waals surface area contributed by atoms with Crippen LogP contribution >= 0.6 is 0 Å². The fraction of sp³-hybridized carbons (Fsp3) is 0.818. The van der Waals surface area contributed by atoms with Gasteiger partial charge in [0.2, 0.25) is 0 Å². The van der Waals surface area contributed by atoms with Crippen molar-refractivity contribution in [1.29, 1.82) is 0 Å². The van der Waals surface area contributed by atoms with Gasteiger partial charge in [-0.25, -0.2) is 0 Å². The predicted molar refractivity (Wildman–Crippen MR) is 62.8 cm³/mol. The number of esters is 1. The third kappa shape index (κ3) is 25.3. The zero-order chi connectivity index (χ0) is 13.9. The second-order valence-electron chi connectivity index (χ2n) is 4.62. The average molecular weight is 248 g/mol. The maximum atomic E-state index is 10.3. The van der Waals surface area contributed by atoms with Crippen LogP contribution in [0.2, 0.25) is 0 Å². The van der Waals surface area contributed by atoms with Crippen molar-refractivity contribution in [2.75, 3.05) is 40.8 Å². The van der Waals surface area contributed by atoms with Crippen molar-refractivity contribution in [2.24, 2.45) is 5.73 Å². The van der Waals surface area contributed by atoms with Gasteiger partial charge in [-0.1, -0.05) is 0 Å². The van der Waals surface area contributed by atoms with Gasteiger partial charge in [0.1, 0.15) is 13.2 Å². The Kier molecular flexibility index (Phi) is 10.8. The fourth-order valence-corrected chi connectivity index (χ4v) is 0.710. The van der Waals surface area contributed by atoms with E-state index in [-0.39, 0.29) is 12.4 Å². The quantitative estimate of drug-likeness (QED) is 0.467. The molecule has 6 heteroatoms. The molecule has 6 nitrogen and oxygen atoms in total. The first-order valence-electron chi connectivity index (χ1n) is 5.52. The van der Waals surface area contributed by atoms with Crippen molar-refractivity contribution >= 4 is 11.9 Å². The first kappa shape index (κ1) is 18.2. The Morgan fingerprint density at radius 3 is 2.06 bits per heavy atom. The molecule has 0 unspecified atom stereocenters. The van der Waals surface area contributed by atoms with E-state index in [1.54, 1.807) is 0 Å². The molecule has 0 aliphatic carbocycles. The molecule has 2 N–H and O–H groups in total. The van der Waals surface area contributed by atoms with Crippen LogP contribution in [0.3, 0.4) is 0 Å². The predicted octanol–water partition coefficient (Wildman–Crippen LogP) is -1.27. The number of likely N-dealkylation sites (N-methyl/N-ethyl adjacent to an activating group) is 1. The summed E-state index contributed by atoms with van der Waals surface area (Å²) >= 11 is 0. The summed E-state index contributed by atoms with van der Waals surface area (Å²) in [6, 6.07) is 0. The van der Waals surface area contributed by atoms with Crippen LogP contribution in [-0.4, -0.2) is 57.3 Å². The molecule has 0 aromatic rings. The van der Waals surface area contributed by atoms with E-state index in [2.05, 4.69) is 21.1 Å². The lowest BCUT2D eigenvalue weighted by Crippen LogP contribution is -2.37. The molecular formula is C11H24N2O4. The molecule has 102 valence electrons. The lowest BCUT2D eigenvalue weighted by Gasteiger charge is -2.23. The maximum Gasteiger partial charge on any atom is 0.302 e. The number of carbonyl (C=O) groups is 2. The molecule has 0 aromatic heterocycles. The standard InChI is InChI=1S/C7H16NO2.C4H9NO2/c1-7(9)10-6-5-8(2,3)4;5-3-1-2-4(6)7/h5-6H2,1-4H3;1-3,5H2,(H,6,7)/q+1;/p-1. The van der Waals surface area contributed by atoms with E-state index < -0.39 is 5.97 Å². The summed E-state index contributed by atoms with van der Waals surface area (Å²) in [6.45, 7) is 3.22. The smallest absolute Gasteiger partial charge is 0.302 e. The molecule has 0 saturated carbocycles. The van der Waals surface area contributed by atoms with Crippen LogP contribution in [0, 0.1) is 0 Å². The van der Waals surface area contributed by atoms with Gasteiger partial charge in [-0.15, -0.1) is 0 Å². The summed E-state index contributed by atoms with van der Waals surface area (Å²) in [5, 5.41) is 9.59. The summed E-state index contributed by atoms with van der Waals surface area (Å²) in [4.78, 5) is 19.9. The summed E-state index contributed by atoms with van der Waals surface area (Å²) in [7, 11) is 6.18. The molecule has 0 aliphatic heterocycles. The van der Waals surface area contributed by atoms with Gasteiger partial charge in [-0.2, -0.15) is 0 Å². The summed E-state index contributed by atoms with van der Waals surface area (Å²) in [5.41, 5.74) is 4.99. The molecule has 0 bridgehead atoms. The van der Waals surface area contributed by atoms with E-state index in [0.717, 1.165) is 11.0 Å². The van der Waals surface area contributed by atoms with Gasteiger partial charge >= 0.3 is 5.97 Å². The monoisotopic (exact) mass is 248 g/mol. The maximum absolute atomic E-state index is 10.3. The second kappa shape index (κ2) is 10.0. The molecule has 0 saturated heterocycles. The van der Waals surface area contributed by atoms with Gasteiger partial charge in [0.05, 0.1) is 21.1 Å². The molecule has 0 spiro atoms. The summed E-state index contributed by atoms with van der Waals surface area (Å²) in [6.07, 6.45) is 0.596. The SMILES string of the molecule is CC(=O)OCC[N+](C)(C)C.NCCCC(=O)[O-]. The Balaban J connectivity index is 0.